The lowest BCUT2D eigenvalue weighted by Crippen LogP contribution is -2.43. The van der Waals surface area contributed by atoms with Crippen LogP contribution in [0.5, 0.6) is 0 Å². The van der Waals surface area contributed by atoms with E-state index >= 15 is 0 Å². The van der Waals surface area contributed by atoms with Crippen LogP contribution >= 0.6 is 0 Å². The molecule has 1 aromatic carbocycles. The molecule has 2 atom stereocenters. The third kappa shape index (κ3) is 4.89. The predicted molar refractivity (Wildman–Crippen MR) is 79.3 cm³/mol. The molecule has 0 saturated carbocycles. The van der Waals surface area contributed by atoms with Crippen LogP contribution in [0.2, 0.25) is 0 Å². The third-order valence-corrected chi connectivity index (χ3v) is 2.92. The molecular formula is C14H22N4O2. The number of rotatable bonds is 6. The molecule has 6 nitrogen and oxygen atoms in total. The van der Waals surface area contributed by atoms with Gasteiger partial charge >= 0.3 is 6.03 Å². The summed E-state index contributed by atoms with van der Waals surface area (Å²) in [4.78, 5) is 22.4. The molecule has 0 saturated heterocycles. The van der Waals surface area contributed by atoms with Gasteiger partial charge in [0, 0.05) is 18.3 Å². The fourth-order valence-electron chi connectivity index (χ4n) is 1.87. The Hall–Kier alpha value is -2.08. The first kappa shape index (κ1) is 16.0. The van der Waals surface area contributed by atoms with Crippen molar-refractivity contribution >= 4 is 17.6 Å². The molecule has 110 valence electrons. The molecule has 1 rings (SSSR count). The molecule has 3 amide bonds. The van der Waals surface area contributed by atoms with Gasteiger partial charge in [-0.05, 0) is 38.5 Å². The zero-order valence-corrected chi connectivity index (χ0v) is 12.1. The molecule has 1 aromatic rings. The number of primary amides is 1. The van der Waals surface area contributed by atoms with Gasteiger partial charge in [0.05, 0.1) is 6.04 Å². The van der Waals surface area contributed by atoms with Crippen LogP contribution in [0.25, 0.3) is 0 Å². The Kier molecular flexibility index (Phi) is 5.99. The first-order valence-corrected chi connectivity index (χ1v) is 6.64. The lowest BCUT2D eigenvalue weighted by molar-refractivity contribution is -0.122. The van der Waals surface area contributed by atoms with Crippen molar-refractivity contribution in [3.05, 3.63) is 29.8 Å². The number of urea groups is 1. The van der Waals surface area contributed by atoms with Crippen LogP contribution < -0.4 is 21.7 Å². The number of benzene rings is 1. The van der Waals surface area contributed by atoms with Crippen LogP contribution in [0.3, 0.4) is 0 Å². The third-order valence-electron chi connectivity index (χ3n) is 2.92. The molecule has 5 N–H and O–H groups in total. The number of carbonyl (C=O) groups is 2. The molecule has 0 fully saturated rings. The number of nitrogens with two attached hydrogens (primary N) is 1. The van der Waals surface area contributed by atoms with Crippen molar-refractivity contribution in [2.45, 2.75) is 32.9 Å². The Balaban J connectivity index is 2.61. The number of hydrogen-bond acceptors (Lipinski definition) is 3. The molecule has 0 radical (unpaired) electrons. The standard InChI is InChI=1S/C14H22N4O2/c1-4-16-13(19)10(3)17-9(2)11-5-7-12(8-6-11)18-14(15)20/h5-10,17H,4H2,1-3H3,(H,16,19)(H3,15,18,20). The lowest BCUT2D eigenvalue weighted by atomic mass is 10.1. The monoisotopic (exact) mass is 278 g/mol. The summed E-state index contributed by atoms with van der Waals surface area (Å²) in [5, 5.41) is 8.49. The molecule has 0 bridgehead atoms. The summed E-state index contributed by atoms with van der Waals surface area (Å²) in [5.74, 6) is -0.0219. The van der Waals surface area contributed by atoms with Crippen LogP contribution in [-0.2, 0) is 4.79 Å². The van der Waals surface area contributed by atoms with Crippen molar-refractivity contribution in [3.63, 3.8) is 0 Å². The highest BCUT2D eigenvalue weighted by molar-refractivity contribution is 5.87. The number of nitrogens with one attached hydrogen (secondary N) is 3. The van der Waals surface area contributed by atoms with Crippen molar-refractivity contribution in [2.24, 2.45) is 5.73 Å². The van der Waals surface area contributed by atoms with Gasteiger partial charge in [-0.15, -0.1) is 0 Å². The number of likely N-dealkylation sites (N-methyl/N-ethyl adjacent to an activating group) is 1. The second-order valence-electron chi connectivity index (χ2n) is 4.62. The second kappa shape index (κ2) is 7.49. The first-order chi connectivity index (χ1) is 9.43. The summed E-state index contributed by atoms with van der Waals surface area (Å²) in [6.45, 7) is 6.31. The van der Waals surface area contributed by atoms with Crippen LogP contribution in [0.15, 0.2) is 24.3 Å². The van der Waals surface area contributed by atoms with Gasteiger partial charge in [0.25, 0.3) is 0 Å². The van der Waals surface area contributed by atoms with Crippen LogP contribution in [0, 0.1) is 0 Å². The van der Waals surface area contributed by atoms with E-state index in [1.807, 2.05) is 32.9 Å². The molecule has 0 heterocycles. The van der Waals surface area contributed by atoms with Crippen molar-refractivity contribution < 1.29 is 9.59 Å². The topological polar surface area (TPSA) is 96.2 Å². The number of hydrogen-bond donors (Lipinski definition) is 4. The van der Waals surface area contributed by atoms with E-state index in [1.165, 1.54) is 0 Å². The maximum absolute atomic E-state index is 11.7. The minimum absolute atomic E-state index is 0.0219. The minimum atomic E-state index is -0.589. The molecular weight excluding hydrogens is 256 g/mol. The van der Waals surface area contributed by atoms with E-state index in [4.69, 9.17) is 5.73 Å². The van der Waals surface area contributed by atoms with E-state index in [-0.39, 0.29) is 18.0 Å². The highest BCUT2D eigenvalue weighted by Gasteiger charge is 2.15. The second-order valence-corrected chi connectivity index (χ2v) is 4.62. The molecule has 0 aliphatic heterocycles. The van der Waals surface area contributed by atoms with Crippen LogP contribution in [0.1, 0.15) is 32.4 Å². The highest BCUT2D eigenvalue weighted by Crippen LogP contribution is 2.16. The van der Waals surface area contributed by atoms with Gasteiger partial charge in [0.1, 0.15) is 0 Å². The molecule has 0 aliphatic carbocycles. The fraction of sp³-hybridized carbons (Fsp3) is 0.429. The first-order valence-electron chi connectivity index (χ1n) is 6.64. The molecule has 0 aromatic heterocycles. The molecule has 0 aliphatic rings. The van der Waals surface area contributed by atoms with Crippen LogP contribution in [-0.4, -0.2) is 24.5 Å². The summed E-state index contributed by atoms with van der Waals surface area (Å²) in [7, 11) is 0. The van der Waals surface area contributed by atoms with Gasteiger partial charge in [-0.3, -0.25) is 10.1 Å². The summed E-state index contributed by atoms with van der Waals surface area (Å²) >= 11 is 0. The maximum Gasteiger partial charge on any atom is 0.316 e. The SMILES string of the molecule is CCNC(=O)C(C)NC(C)c1ccc(NC(N)=O)cc1. The Morgan fingerprint density at radius 3 is 2.30 bits per heavy atom. The van der Waals surface area contributed by atoms with Gasteiger partial charge in [-0.2, -0.15) is 0 Å². The zero-order chi connectivity index (χ0) is 15.1. The quantitative estimate of drug-likeness (QED) is 0.632. The average Bonchev–Trinajstić information content (AvgIpc) is 2.39. The lowest BCUT2D eigenvalue weighted by Gasteiger charge is -2.20. The minimum Gasteiger partial charge on any atom is -0.355 e. The highest BCUT2D eigenvalue weighted by atomic mass is 16.2. The maximum atomic E-state index is 11.7. The molecule has 2 unspecified atom stereocenters. The van der Waals surface area contributed by atoms with Gasteiger partial charge < -0.3 is 16.4 Å². The largest absolute Gasteiger partial charge is 0.355 e. The smallest absolute Gasteiger partial charge is 0.316 e. The van der Waals surface area contributed by atoms with E-state index in [9.17, 15) is 9.59 Å². The Morgan fingerprint density at radius 1 is 1.20 bits per heavy atom. The van der Waals surface area contributed by atoms with Crippen molar-refractivity contribution in [2.75, 3.05) is 11.9 Å². The summed E-state index contributed by atoms with van der Waals surface area (Å²) < 4.78 is 0. The summed E-state index contributed by atoms with van der Waals surface area (Å²) in [5.41, 5.74) is 6.71. The number of amides is 3. The predicted octanol–water partition coefficient (Wildman–Crippen LogP) is 1.35. The van der Waals surface area contributed by atoms with E-state index in [0.29, 0.717) is 12.2 Å². The molecule has 0 spiro atoms. The fourth-order valence-corrected chi connectivity index (χ4v) is 1.87. The Labute approximate surface area is 119 Å². The Morgan fingerprint density at radius 2 is 1.80 bits per heavy atom. The van der Waals surface area contributed by atoms with Gasteiger partial charge in [0.2, 0.25) is 5.91 Å². The average molecular weight is 278 g/mol. The van der Waals surface area contributed by atoms with E-state index < -0.39 is 6.03 Å². The normalized spacial score (nSPS) is 13.3. The van der Waals surface area contributed by atoms with Crippen molar-refractivity contribution in [1.29, 1.82) is 0 Å². The van der Waals surface area contributed by atoms with Crippen LogP contribution in [0.4, 0.5) is 10.5 Å². The number of anilines is 1. The van der Waals surface area contributed by atoms with Gasteiger partial charge in [-0.1, -0.05) is 12.1 Å². The van der Waals surface area contributed by atoms with Gasteiger partial charge in [-0.25, -0.2) is 4.79 Å². The zero-order valence-electron chi connectivity index (χ0n) is 12.1. The summed E-state index contributed by atoms with van der Waals surface area (Å²) in [6, 6.07) is 6.47. The number of carbonyl (C=O) groups excluding carboxylic acids is 2. The summed E-state index contributed by atoms with van der Waals surface area (Å²) in [6.07, 6.45) is 0. The van der Waals surface area contributed by atoms with E-state index in [1.54, 1.807) is 12.1 Å². The van der Waals surface area contributed by atoms with E-state index in [2.05, 4.69) is 16.0 Å². The Bertz CT molecular complexity index is 459. The van der Waals surface area contributed by atoms with Crippen molar-refractivity contribution in [1.82, 2.24) is 10.6 Å². The molecule has 6 heteroatoms. The van der Waals surface area contributed by atoms with Gasteiger partial charge in [0.15, 0.2) is 0 Å². The molecule has 20 heavy (non-hydrogen) atoms. The van der Waals surface area contributed by atoms with E-state index in [0.717, 1.165) is 5.56 Å². The van der Waals surface area contributed by atoms with Crippen molar-refractivity contribution in [3.8, 4) is 0 Å².